The van der Waals surface area contributed by atoms with Crippen molar-refractivity contribution in [2.45, 2.75) is 25.2 Å². The van der Waals surface area contributed by atoms with Gasteiger partial charge in [0.1, 0.15) is 5.75 Å². The molecule has 2 aliphatic heterocycles. The molecule has 2 aliphatic rings. The summed E-state index contributed by atoms with van der Waals surface area (Å²) in [6.45, 7) is 3.90. The van der Waals surface area contributed by atoms with Crippen molar-refractivity contribution in [1.29, 1.82) is 0 Å². The van der Waals surface area contributed by atoms with Crippen molar-refractivity contribution in [2.24, 2.45) is 9.39 Å². The Morgan fingerprint density at radius 1 is 1.03 bits per heavy atom. The molecule has 0 fully saturated rings. The Morgan fingerprint density at radius 3 is 2.71 bits per heavy atom. The minimum absolute atomic E-state index is 0.159. The lowest BCUT2D eigenvalue weighted by Gasteiger charge is -2.23. The minimum atomic E-state index is -1.77. The van der Waals surface area contributed by atoms with E-state index in [-0.39, 0.29) is 11.9 Å². The van der Waals surface area contributed by atoms with Crippen molar-refractivity contribution >= 4 is 34.3 Å². The summed E-state index contributed by atoms with van der Waals surface area (Å²) in [4.78, 5) is 22.3. The number of hydrogen-bond acceptors (Lipinski definition) is 6. The Bertz CT molecular complexity index is 1430. The number of anilines is 1. The highest BCUT2D eigenvalue weighted by molar-refractivity contribution is 7.83. The van der Waals surface area contributed by atoms with E-state index in [1.165, 1.54) is 0 Å². The van der Waals surface area contributed by atoms with Gasteiger partial charge in [0.2, 0.25) is 11.8 Å². The normalized spacial score (nSPS) is 17.5. The molecule has 3 heterocycles. The highest BCUT2D eigenvalue weighted by Gasteiger charge is 2.25. The van der Waals surface area contributed by atoms with Crippen LogP contribution in [0.5, 0.6) is 5.75 Å². The number of aromatic nitrogens is 1. The van der Waals surface area contributed by atoms with Gasteiger partial charge in [0.05, 0.1) is 10.6 Å². The van der Waals surface area contributed by atoms with Crippen molar-refractivity contribution in [3.63, 3.8) is 0 Å². The number of aliphatic imine (C=N–C) groups is 1. The molecule has 2 aromatic carbocycles. The monoisotopic (exact) mass is 471 g/mol. The number of aryl methyl sites for hydroxylation is 1. The number of amides is 1. The van der Waals surface area contributed by atoms with E-state index in [4.69, 9.17) is 9.73 Å². The summed E-state index contributed by atoms with van der Waals surface area (Å²) in [7, 11) is -1.77. The number of carbonyl (C=O) groups excluding carboxylic acids is 1. The molecule has 0 aliphatic carbocycles. The molecule has 0 saturated heterocycles. The van der Waals surface area contributed by atoms with Crippen LogP contribution in [0.1, 0.15) is 35.0 Å². The first-order valence-corrected chi connectivity index (χ1v) is 11.8. The van der Waals surface area contributed by atoms with Crippen LogP contribution in [0.25, 0.3) is 0 Å². The van der Waals surface area contributed by atoms with Gasteiger partial charge in [-0.3, -0.25) is 15.1 Å². The second kappa shape index (κ2) is 9.03. The molecule has 34 heavy (non-hydrogen) atoms. The number of benzene rings is 2. The van der Waals surface area contributed by atoms with Crippen molar-refractivity contribution in [2.75, 3.05) is 5.32 Å². The van der Waals surface area contributed by atoms with E-state index in [9.17, 15) is 9.00 Å². The van der Waals surface area contributed by atoms with Gasteiger partial charge in [-0.2, -0.15) is 0 Å². The van der Waals surface area contributed by atoms with Crippen LogP contribution in [0.4, 0.5) is 5.69 Å². The van der Waals surface area contributed by atoms with Gasteiger partial charge in [0.25, 0.3) is 5.91 Å². The number of ether oxygens (including phenoxy) is 1. The SMILES string of the molecule is CCC1=C2NC(=NS(=O)c3cccc(c3)NC(=O)c3cccc(c3)O2)N=C1c1cccnc1C. The average Bonchev–Trinajstić information content (AvgIpc) is 2.84. The molecule has 2 N–H and O–H groups in total. The number of rotatable bonds is 2. The number of allylic oxidation sites excluding steroid dienone is 1. The average molecular weight is 472 g/mol. The Hall–Kier alpha value is -4.11. The van der Waals surface area contributed by atoms with Crippen LogP contribution in [-0.2, 0) is 11.0 Å². The summed E-state index contributed by atoms with van der Waals surface area (Å²) < 4.78 is 23.6. The van der Waals surface area contributed by atoms with E-state index >= 15 is 0 Å². The first-order chi connectivity index (χ1) is 16.5. The van der Waals surface area contributed by atoms with Gasteiger partial charge in [-0.05, 0) is 61.9 Å². The lowest BCUT2D eigenvalue weighted by atomic mass is 9.98. The number of nitrogens with one attached hydrogen (secondary N) is 2. The van der Waals surface area contributed by atoms with Crippen LogP contribution in [0.2, 0.25) is 0 Å². The fraction of sp³-hybridized carbons (Fsp3) is 0.120. The zero-order valence-corrected chi connectivity index (χ0v) is 19.3. The molecule has 0 radical (unpaired) electrons. The van der Waals surface area contributed by atoms with Crippen molar-refractivity contribution < 1.29 is 13.7 Å². The highest BCUT2D eigenvalue weighted by atomic mass is 32.2. The summed E-state index contributed by atoms with van der Waals surface area (Å²) in [5.74, 6) is 0.738. The van der Waals surface area contributed by atoms with Crippen LogP contribution in [0, 0.1) is 6.92 Å². The molecule has 0 saturated carbocycles. The largest absolute Gasteiger partial charge is 0.441 e. The Labute approximate surface area is 199 Å². The molecule has 3 aromatic rings. The van der Waals surface area contributed by atoms with Crippen LogP contribution >= 0.6 is 0 Å². The summed E-state index contributed by atoms with van der Waals surface area (Å²) in [5.41, 5.74) is 4.03. The molecule has 0 spiro atoms. The molecule has 5 rings (SSSR count). The fourth-order valence-corrected chi connectivity index (χ4v) is 4.51. The van der Waals surface area contributed by atoms with Crippen LogP contribution in [-0.4, -0.2) is 26.8 Å². The smallest absolute Gasteiger partial charge is 0.255 e. The van der Waals surface area contributed by atoms with Gasteiger partial charge in [-0.1, -0.05) is 19.1 Å². The van der Waals surface area contributed by atoms with Gasteiger partial charge in [0, 0.05) is 34.3 Å². The topological polar surface area (TPSA) is 105 Å². The molecule has 170 valence electrons. The predicted molar refractivity (Wildman–Crippen MR) is 131 cm³/mol. The summed E-state index contributed by atoms with van der Waals surface area (Å²) >= 11 is 0. The Morgan fingerprint density at radius 2 is 1.88 bits per heavy atom. The minimum Gasteiger partial charge on any atom is -0.441 e. The first-order valence-electron chi connectivity index (χ1n) is 10.7. The van der Waals surface area contributed by atoms with Gasteiger partial charge < -0.3 is 10.1 Å². The molecule has 1 aromatic heterocycles. The molecule has 9 heteroatoms. The molecule has 1 amide bonds. The van der Waals surface area contributed by atoms with Gasteiger partial charge >= 0.3 is 0 Å². The van der Waals surface area contributed by atoms with E-state index in [0.29, 0.717) is 39.9 Å². The summed E-state index contributed by atoms with van der Waals surface area (Å²) in [5, 5.41) is 5.92. The van der Waals surface area contributed by atoms with E-state index in [1.54, 1.807) is 54.7 Å². The predicted octanol–water partition coefficient (Wildman–Crippen LogP) is 4.13. The second-order valence-electron chi connectivity index (χ2n) is 7.66. The Balaban J connectivity index is 1.73. The van der Waals surface area contributed by atoms with E-state index in [0.717, 1.165) is 16.8 Å². The molecule has 6 bridgehead atoms. The second-order valence-corrected chi connectivity index (χ2v) is 8.81. The number of hydrogen-bond donors (Lipinski definition) is 2. The zero-order chi connectivity index (χ0) is 23.7. The third-order valence-electron chi connectivity index (χ3n) is 5.40. The van der Waals surface area contributed by atoms with Crippen LogP contribution in [0.15, 0.2) is 92.6 Å². The molecule has 1 unspecified atom stereocenters. The number of pyridine rings is 1. The standard InChI is InChI=1S/C25H21N5O3S/c1-3-20-22(21-11-6-12-26-15(21)2)28-25-29-24(20)33-18-9-4-7-16(13-18)23(31)27-17-8-5-10-19(14-17)34(32)30-25/h4-14H,3H2,1-2H3,(H,27,31)(H,28,29,30). The number of carbonyl (C=O) groups is 1. The van der Waals surface area contributed by atoms with E-state index in [1.807, 2.05) is 26.0 Å². The highest BCUT2D eigenvalue weighted by Crippen LogP contribution is 2.26. The maximum Gasteiger partial charge on any atom is 0.255 e. The van der Waals surface area contributed by atoms with Crippen molar-refractivity contribution in [1.82, 2.24) is 10.3 Å². The van der Waals surface area contributed by atoms with Crippen molar-refractivity contribution in [3.05, 3.63) is 95.1 Å². The number of fused-ring (bicyclic) bond motifs is 6. The fourth-order valence-electron chi connectivity index (χ4n) is 3.74. The maximum absolute atomic E-state index is 13.1. The summed E-state index contributed by atoms with van der Waals surface area (Å²) in [6, 6.07) is 17.4. The van der Waals surface area contributed by atoms with Gasteiger partial charge in [0.15, 0.2) is 11.0 Å². The quantitative estimate of drug-likeness (QED) is 0.585. The first kappa shape index (κ1) is 21.7. The van der Waals surface area contributed by atoms with Gasteiger partial charge in [-0.25, -0.2) is 9.20 Å². The van der Waals surface area contributed by atoms with Crippen molar-refractivity contribution in [3.8, 4) is 5.75 Å². The van der Waals surface area contributed by atoms with E-state index < -0.39 is 11.0 Å². The number of guanidine groups is 1. The lowest BCUT2D eigenvalue weighted by molar-refractivity contribution is 0.102. The zero-order valence-electron chi connectivity index (χ0n) is 18.5. The number of nitrogens with zero attached hydrogens (tertiary/aromatic N) is 3. The van der Waals surface area contributed by atoms with Crippen LogP contribution in [0.3, 0.4) is 0 Å². The maximum atomic E-state index is 13.1. The molecular weight excluding hydrogens is 450 g/mol. The third kappa shape index (κ3) is 4.25. The van der Waals surface area contributed by atoms with E-state index in [2.05, 4.69) is 20.0 Å². The van der Waals surface area contributed by atoms with Gasteiger partial charge in [-0.15, -0.1) is 4.40 Å². The Kier molecular flexibility index (Phi) is 5.77. The van der Waals surface area contributed by atoms with Crippen LogP contribution < -0.4 is 15.4 Å². The lowest BCUT2D eigenvalue weighted by Crippen LogP contribution is -2.34. The molecule has 1 atom stereocenters. The molecular formula is C25H21N5O3S. The molecule has 8 nitrogen and oxygen atoms in total. The summed E-state index contributed by atoms with van der Waals surface area (Å²) in [6.07, 6.45) is 2.33. The third-order valence-corrected chi connectivity index (χ3v) is 6.39.